The Morgan fingerprint density at radius 3 is 2.75 bits per heavy atom. The lowest BCUT2D eigenvalue weighted by atomic mass is 9.99. The van der Waals surface area contributed by atoms with Crippen LogP contribution in [0.15, 0.2) is 12.4 Å². The van der Waals surface area contributed by atoms with Gasteiger partial charge in [-0.25, -0.2) is 0 Å². The molecule has 88 valence electrons. The molecule has 0 aromatic carbocycles. The third-order valence-electron chi connectivity index (χ3n) is 2.39. The number of rotatable bonds is 5. The van der Waals surface area contributed by atoms with Crippen LogP contribution < -0.4 is 0 Å². The van der Waals surface area contributed by atoms with Gasteiger partial charge in [0.25, 0.3) is 0 Å². The third kappa shape index (κ3) is 2.92. The van der Waals surface area contributed by atoms with E-state index in [-0.39, 0.29) is 24.1 Å². The second-order valence-corrected chi connectivity index (χ2v) is 3.63. The third-order valence-corrected chi connectivity index (χ3v) is 2.39. The van der Waals surface area contributed by atoms with Gasteiger partial charge < -0.3 is 4.74 Å². The van der Waals surface area contributed by atoms with E-state index in [1.807, 2.05) is 6.92 Å². The molecule has 5 heteroatoms. The Hall–Kier alpha value is -1.65. The van der Waals surface area contributed by atoms with Crippen molar-refractivity contribution in [2.75, 3.05) is 7.11 Å². The van der Waals surface area contributed by atoms with Crippen molar-refractivity contribution < 1.29 is 14.3 Å². The van der Waals surface area contributed by atoms with Crippen molar-refractivity contribution >= 4 is 11.8 Å². The first-order valence-corrected chi connectivity index (χ1v) is 5.22. The van der Waals surface area contributed by atoms with Gasteiger partial charge >= 0.3 is 5.97 Å². The molecule has 1 atom stereocenters. The average molecular weight is 224 g/mol. The molecule has 0 aliphatic rings. The molecule has 0 saturated heterocycles. The van der Waals surface area contributed by atoms with Crippen LogP contribution in [0.1, 0.15) is 30.6 Å². The summed E-state index contributed by atoms with van der Waals surface area (Å²) in [6.45, 7) is 4.38. The minimum Gasteiger partial charge on any atom is -0.469 e. The number of ether oxygens (including phenoxy) is 1. The van der Waals surface area contributed by atoms with Crippen LogP contribution in [-0.4, -0.2) is 28.6 Å². The van der Waals surface area contributed by atoms with E-state index in [0.717, 1.165) is 6.54 Å². The molecule has 0 aliphatic carbocycles. The maximum Gasteiger partial charge on any atom is 0.306 e. The molecule has 0 N–H and O–H groups in total. The van der Waals surface area contributed by atoms with Gasteiger partial charge in [0.2, 0.25) is 0 Å². The fourth-order valence-corrected chi connectivity index (χ4v) is 1.37. The molecule has 16 heavy (non-hydrogen) atoms. The van der Waals surface area contributed by atoms with Gasteiger partial charge in [0, 0.05) is 18.7 Å². The second kappa shape index (κ2) is 5.44. The number of methoxy groups -OCH3 is 1. The van der Waals surface area contributed by atoms with Crippen LogP contribution in [0.4, 0.5) is 0 Å². The Labute approximate surface area is 94.4 Å². The average Bonchev–Trinajstić information content (AvgIpc) is 2.76. The smallest absolute Gasteiger partial charge is 0.306 e. The first kappa shape index (κ1) is 12.4. The summed E-state index contributed by atoms with van der Waals surface area (Å²) in [5.74, 6) is -0.823. The predicted molar refractivity (Wildman–Crippen MR) is 58.0 cm³/mol. The number of hydrogen-bond acceptors (Lipinski definition) is 4. The summed E-state index contributed by atoms with van der Waals surface area (Å²) in [5, 5.41) is 4.02. The lowest BCUT2D eigenvalue weighted by Crippen LogP contribution is -2.16. The number of nitrogens with zero attached hydrogens (tertiary/aromatic N) is 2. The van der Waals surface area contributed by atoms with E-state index in [0.29, 0.717) is 5.56 Å². The highest BCUT2D eigenvalue weighted by molar-refractivity contribution is 5.98. The summed E-state index contributed by atoms with van der Waals surface area (Å²) in [4.78, 5) is 22.9. The number of aromatic nitrogens is 2. The molecule has 0 spiro atoms. The first-order chi connectivity index (χ1) is 7.58. The lowest BCUT2D eigenvalue weighted by molar-refractivity contribution is -0.141. The minimum atomic E-state index is -0.373. The van der Waals surface area contributed by atoms with Gasteiger partial charge in [-0.2, -0.15) is 5.10 Å². The first-order valence-electron chi connectivity index (χ1n) is 5.22. The van der Waals surface area contributed by atoms with Gasteiger partial charge in [0.15, 0.2) is 5.78 Å². The number of esters is 1. The largest absolute Gasteiger partial charge is 0.469 e. The predicted octanol–water partition coefficient (Wildman–Crippen LogP) is 1.28. The van der Waals surface area contributed by atoms with Crippen molar-refractivity contribution in [1.82, 2.24) is 9.78 Å². The normalized spacial score (nSPS) is 12.2. The molecule has 0 radical (unpaired) electrons. The Balaban J connectivity index is 2.66. The van der Waals surface area contributed by atoms with Gasteiger partial charge in [-0.05, 0) is 6.92 Å². The zero-order valence-corrected chi connectivity index (χ0v) is 9.77. The number of carbonyl (C=O) groups is 2. The molecule has 0 bridgehead atoms. The van der Waals surface area contributed by atoms with E-state index >= 15 is 0 Å². The summed E-state index contributed by atoms with van der Waals surface area (Å²) in [6.07, 6.45) is 3.32. The summed E-state index contributed by atoms with van der Waals surface area (Å²) < 4.78 is 6.20. The van der Waals surface area contributed by atoms with Crippen molar-refractivity contribution in [2.45, 2.75) is 26.8 Å². The standard InChI is InChI=1S/C11H16N2O3/c1-4-13-7-9(6-12-13)11(15)8(2)5-10(14)16-3/h6-8H,4-5H2,1-3H3. The summed E-state index contributed by atoms with van der Waals surface area (Å²) in [7, 11) is 1.31. The van der Waals surface area contributed by atoms with E-state index in [4.69, 9.17) is 0 Å². The highest BCUT2D eigenvalue weighted by atomic mass is 16.5. The van der Waals surface area contributed by atoms with Crippen molar-refractivity contribution in [3.05, 3.63) is 18.0 Å². The number of Topliss-reactive ketones (excluding diaryl/α,β-unsaturated/α-hetero) is 1. The second-order valence-electron chi connectivity index (χ2n) is 3.63. The van der Waals surface area contributed by atoms with Gasteiger partial charge in [-0.1, -0.05) is 6.92 Å². The SMILES string of the molecule is CCn1cc(C(=O)C(C)CC(=O)OC)cn1. The molecule has 1 aromatic heterocycles. The van der Waals surface area contributed by atoms with Crippen LogP contribution in [0.3, 0.4) is 0 Å². The number of aryl methyl sites for hydroxylation is 1. The molecule has 5 nitrogen and oxygen atoms in total. The maximum atomic E-state index is 11.9. The van der Waals surface area contributed by atoms with Crippen LogP contribution in [-0.2, 0) is 16.1 Å². The van der Waals surface area contributed by atoms with Crippen LogP contribution in [0.5, 0.6) is 0 Å². The molecule has 1 aromatic rings. The molecule has 1 unspecified atom stereocenters. The van der Waals surface area contributed by atoms with Crippen molar-refractivity contribution in [3.63, 3.8) is 0 Å². The van der Waals surface area contributed by atoms with Crippen molar-refractivity contribution in [1.29, 1.82) is 0 Å². The Bertz CT molecular complexity index is 384. The zero-order valence-electron chi connectivity index (χ0n) is 9.77. The molecule has 0 fully saturated rings. The van der Waals surface area contributed by atoms with E-state index < -0.39 is 0 Å². The van der Waals surface area contributed by atoms with Crippen molar-refractivity contribution in [2.24, 2.45) is 5.92 Å². The lowest BCUT2D eigenvalue weighted by Gasteiger charge is -2.06. The summed E-state index contributed by atoms with van der Waals surface area (Å²) in [5.41, 5.74) is 0.540. The zero-order chi connectivity index (χ0) is 12.1. The van der Waals surface area contributed by atoms with Crippen LogP contribution >= 0.6 is 0 Å². The maximum absolute atomic E-state index is 11.9. The van der Waals surface area contributed by atoms with E-state index in [1.54, 1.807) is 17.8 Å². The Kier molecular flexibility index (Phi) is 4.22. The van der Waals surface area contributed by atoms with Gasteiger partial charge in [-0.15, -0.1) is 0 Å². The molecular weight excluding hydrogens is 208 g/mol. The Morgan fingerprint density at radius 1 is 1.56 bits per heavy atom. The van der Waals surface area contributed by atoms with E-state index in [9.17, 15) is 9.59 Å². The summed E-state index contributed by atoms with van der Waals surface area (Å²) in [6, 6.07) is 0. The molecule has 0 aliphatic heterocycles. The van der Waals surface area contributed by atoms with E-state index in [2.05, 4.69) is 9.84 Å². The molecule has 1 heterocycles. The van der Waals surface area contributed by atoms with Crippen LogP contribution in [0, 0.1) is 5.92 Å². The van der Waals surface area contributed by atoms with E-state index in [1.165, 1.54) is 13.3 Å². The monoisotopic (exact) mass is 224 g/mol. The molecule has 0 amide bonds. The molecule has 0 saturated carbocycles. The molecule has 1 rings (SSSR count). The minimum absolute atomic E-state index is 0.0786. The van der Waals surface area contributed by atoms with Gasteiger partial charge in [0.05, 0.1) is 25.3 Å². The molecular formula is C11H16N2O3. The fourth-order valence-electron chi connectivity index (χ4n) is 1.37. The summed E-state index contributed by atoms with van der Waals surface area (Å²) >= 11 is 0. The van der Waals surface area contributed by atoms with Gasteiger partial charge in [-0.3, -0.25) is 14.3 Å². The van der Waals surface area contributed by atoms with Gasteiger partial charge in [0.1, 0.15) is 0 Å². The quantitative estimate of drug-likeness (QED) is 0.558. The highest BCUT2D eigenvalue weighted by Crippen LogP contribution is 2.12. The van der Waals surface area contributed by atoms with Crippen LogP contribution in [0.25, 0.3) is 0 Å². The van der Waals surface area contributed by atoms with Crippen LogP contribution in [0.2, 0.25) is 0 Å². The number of ketones is 1. The van der Waals surface area contributed by atoms with Crippen molar-refractivity contribution in [3.8, 4) is 0 Å². The number of carbonyl (C=O) groups excluding carboxylic acids is 2. The topological polar surface area (TPSA) is 61.2 Å². The number of hydrogen-bond donors (Lipinski definition) is 0. The highest BCUT2D eigenvalue weighted by Gasteiger charge is 2.20. The fraction of sp³-hybridized carbons (Fsp3) is 0.545. The Morgan fingerprint density at radius 2 is 2.25 bits per heavy atom.